The van der Waals surface area contributed by atoms with Crippen molar-refractivity contribution in [2.24, 2.45) is 0 Å². The molecule has 2 heterocycles. The van der Waals surface area contributed by atoms with E-state index in [1.54, 1.807) is 6.07 Å². The minimum absolute atomic E-state index is 0.0481. The van der Waals surface area contributed by atoms with Gasteiger partial charge in [-0.3, -0.25) is 0 Å². The predicted octanol–water partition coefficient (Wildman–Crippen LogP) is 2.88. The van der Waals surface area contributed by atoms with Gasteiger partial charge in [-0.05, 0) is 37.5 Å². The molecule has 0 amide bonds. The number of rotatable bonds is 2. The van der Waals surface area contributed by atoms with E-state index in [0.29, 0.717) is 23.9 Å². The SMILES string of the molecule is Cc1cc(N2CCCOCC2c2cc(C)c(N)cc2Cl)nc(N)n1. The van der Waals surface area contributed by atoms with Crippen LogP contribution < -0.4 is 16.4 Å². The molecule has 1 saturated heterocycles. The summed E-state index contributed by atoms with van der Waals surface area (Å²) in [5, 5.41) is 0.636. The van der Waals surface area contributed by atoms with Gasteiger partial charge in [0.05, 0.1) is 12.6 Å². The summed E-state index contributed by atoms with van der Waals surface area (Å²) in [6, 6.07) is 5.72. The van der Waals surface area contributed by atoms with Crippen molar-refractivity contribution in [1.82, 2.24) is 9.97 Å². The van der Waals surface area contributed by atoms with Gasteiger partial charge in [0.25, 0.3) is 0 Å². The van der Waals surface area contributed by atoms with Gasteiger partial charge in [-0.2, -0.15) is 4.98 Å². The number of hydrogen-bond donors (Lipinski definition) is 2. The molecule has 0 bridgehead atoms. The summed E-state index contributed by atoms with van der Waals surface area (Å²) in [6.07, 6.45) is 0.908. The molecule has 7 heteroatoms. The van der Waals surface area contributed by atoms with Crippen LogP contribution in [0.5, 0.6) is 0 Å². The minimum Gasteiger partial charge on any atom is -0.398 e. The Morgan fingerprint density at radius 3 is 2.75 bits per heavy atom. The van der Waals surface area contributed by atoms with Crippen molar-refractivity contribution in [2.75, 3.05) is 36.1 Å². The van der Waals surface area contributed by atoms with Gasteiger partial charge in [-0.25, -0.2) is 4.98 Å². The van der Waals surface area contributed by atoms with Crippen LogP contribution in [0.3, 0.4) is 0 Å². The molecule has 0 radical (unpaired) electrons. The third-order valence-electron chi connectivity index (χ3n) is 4.24. The molecular formula is C17H22ClN5O. The lowest BCUT2D eigenvalue weighted by Gasteiger charge is -2.31. The van der Waals surface area contributed by atoms with Crippen molar-refractivity contribution in [3.8, 4) is 0 Å². The summed E-state index contributed by atoms with van der Waals surface area (Å²) in [5.74, 6) is 1.06. The number of hydrogen-bond acceptors (Lipinski definition) is 6. The molecule has 4 N–H and O–H groups in total. The average Bonchev–Trinajstić information content (AvgIpc) is 2.75. The summed E-state index contributed by atoms with van der Waals surface area (Å²) in [4.78, 5) is 10.8. The topological polar surface area (TPSA) is 90.3 Å². The second-order valence-corrected chi connectivity index (χ2v) is 6.50. The largest absolute Gasteiger partial charge is 0.398 e. The van der Waals surface area contributed by atoms with Crippen molar-refractivity contribution < 1.29 is 4.74 Å². The van der Waals surface area contributed by atoms with Gasteiger partial charge in [0.15, 0.2) is 0 Å². The molecule has 0 saturated carbocycles. The highest BCUT2D eigenvalue weighted by atomic mass is 35.5. The smallest absolute Gasteiger partial charge is 0.222 e. The second kappa shape index (κ2) is 6.83. The zero-order valence-corrected chi connectivity index (χ0v) is 14.7. The van der Waals surface area contributed by atoms with Crippen molar-refractivity contribution in [2.45, 2.75) is 26.3 Å². The number of halogens is 1. The standard InChI is InChI=1S/C17H22ClN5O/c1-10-6-12(13(18)8-14(10)19)15-9-24-5-3-4-23(15)16-7-11(2)21-17(20)22-16/h6-8,15H,3-5,9,19H2,1-2H3,(H2,20,21,22). The Labute approximate surface area is 146 Å². The Balaban J connectivity index is 2.06. The molecule has 24 heavy (non-hydrogen) atoms. The molecular weight excluding hydrogens is 326 g/mol. The number of ether oxygens (including phenoxy) is 1. The minimum atomic E-state index is -0.0481. The van der Waals surface area contributed by atoms with Crippen molar-refractivity contribution >= 4 is 29.1 Å². The van der Waals surface area contributed by atoms with Crippen molar-refractivity contribution in [1.29, 1.82) is 0 Å². The lowest BCUT2D eigenvalue weighted by molar-refractivity contribution is 0.134. The Hall–Kier alpha value is -2.05. The van der Waals surface area contributed by atoms with Crippen LogP contribution >= 0.6 is 11.6 Å². The monoisotopic (exact) mass is 347 g/mol. The first kappa shape index (κ1) is 16.8. The first-order valence-corrected chi connectivity index (χ1v) is 8.34. The van der Waals surface area contributed by atoms with E-state index in [2.05, 4.69) is 14.9 Å². The fourth-order valence-corrected chi connectivity index (χ4v) is 3.30. The maximum atomic E-state index is 6.48. The first-order chi connectivity index (χ1) is 11.5. The van der Waals surface area contributed by atoms with E-state index >= 15 is 0 Å². The third-order valence-corrected chi connectivity index (χ3v) is 4.56. The molecule has 0 aliphatic carbocycles. The van der Waals surface area contributed by atoms with Crippen LogP contribution in [0.25, 0.3) is 0 Å². The Morgan fingerprint density at radius 2 is 2.00 bits per heavy atom. The summed E-state index contributed by atoms with van der Waals surface area (Å²) in [5.41, 5.74) is 15.3. The van der Waals surface area contributed by atoms with Crippen LogP contribution in [0.15, 0.2) is 18.2 Å². The van der Waals surface area contributed by atoms with Gasteiger partial charge in [0.1, 0.15) is 5.82 Å². The lowest BCUT2D eigenvalue weighted by atomic mass is 10.0. The third kappa shape index (κ3) is 3.39. The first-order valence-electron chi connectivity index (χ1n) is 7.97. The highest BCUT2D eigenvalue weighted by Crippen LogP contribution is 2.35. The van der Waals surface area contributed by atoms with Crippen molar-refractivity contribution in [3.05, 3.63) is 40.0 Å². The summed E-state index contributed by atoms with van der Waals surface area (Å²) >= 11 is 6.48. The summed E-state index contributed by atoms with van der Waals surface area (Å²) in [7, 11) is 0. The van der Waals surface area contributed by atoms with Gasteiger partial charge in [0.2, 0.25) is 5.95 Å². The lowest BCUT2D eigenvalue weighted by Crippen LogP contribution is -2.32. The summed E-state index contributed by atoms with van der Waals surface area (Å²) < 4.78 is 5.79. The number of anilines is 3. The highest BCUT2D eigenvalue weighted by Gasteiger charge is 2.27. The molecule has 128 valence electrons. The number of benzene rings is 1. The Bertz CT molecular complexity index is 732. The van der Waals surface area contributed by atoms with Crippen LogP contribution in [0, 0.1) is 13.8 Å². The molecule has 1 aliphatic rings. The molecule has 1 atom stereocenters. The molecule has 1 aromatic heterocycles. The zero-order valence-electron chi connectivity index (χ0n) is 13.9. The molecule has 6 nitrogen and oxygen atoms in total. The van der Waals surface area contributed by atoms with E-state index in [9.17, 15) is 0 Å². The van der Waals surface area contributed by atoms with Gasteiger partial charge < -0.3 is 21.1 Å². The average molecular weight is 348 g/mol. The molecule has 1 aliphatic heterocycles. The van der Waals surface area contributed by atoms with E-state index in [1.165, 1.54) is 0 Å². The highest BCUT2D eigenvalue weighted by molar-refractivity contribution is 6.31. The second-order valence-electron chi connectivity index (χ2n) is 6.09. The van der Waals surface area contributed by atoms with Crippen LogP contribution in [-0.2, 0) is 4.74 Å². The number of nitrogens with two attached hydrogens (primary N) is 2. The fraction of sp³-hybridized carbons (Fsp3) is 0.412. The van der Waals surface area contributed by atoms with Crippen LogP contribution in [0.2, 0.25) is 5.02 Å². The number of nitrogens with zero attached hydrogens (tertiary/aromatic N) is 3. The van der Waals surface area contributed by atoms with E-state index in [0.717, 1.165) is 35.6 Å². The van der Waals surface area contributed by atoms with Crippen LogP contribution in [0.4, 0.5) is 17.5 Å². The van der Waals surface area contributed by atoms with E-state index < -0.39 is 0 Å². The molecule has 0 spiro atoms. The quantitative estimate of drug-likeness (QED) is 0.812. The van der Waals surface area contributed by atoms with Crippen LogP contribution in [0.1, 0.15) is 29.3 Å². The number of aryl methyl sites for hydroxylation is 2. The molecule has 3 rings (SSSR count). The maximum absolute atomic E-state index is 6.48. The van der Waals surface area contributed by atoms with Gasteiger partial charge in [-0.15, -0.1) is 0 Å². The fourth-order valence-electron chi connectivity index (χ4n) is 3.01. The van der Waals surface area contributed by atoms with E-state index in [1.807, 2.05) is 26.0 Å². The van der Waals surface area contributed by atoms with E-state index in [4.69, 9.17) is 27.8 Å². The normalized spacial score (nSPS) is 18.5. The molecule has 2 aromatic rings. The molecule has 1 aromatic carbocycles. The van der Waals surface area contributed by atoms with Crippen molar-refractivity contribution in [3.63, 3.8) is 0 Å². The van der Waals surface area contributed by atoms with Gasteiger partial charge >= 0.3 is 0 Å². The Morgan fingerprint density at radius 1 is 1.21 bits per heavy atom. The molecule has 1 fully saturated rings. The zero-order chi connectivity index (χ0) is 17.3. The van der Waals surface area contributed by atoms with E-state index in [-0.39, 0.29) is 12.0 Å². The summed E-state index contributed by atoms with van der Waals surface area (Å²) in [6.45, 7) is 5.93. The van der Waals surface area contributed by atoms with Gasteiger partial charge in [0, 0.05) is 35.6 Å². The molecule has 1 unspecified atom stereocenters. The number of nitrogen functional groups attached to an aromatic ring is 2. The Kier molecular flexibility index (Phi) is 4.78. The van der Waals surface area contributed by atoms with Crippen LogP contribution in [-0.4, -0.2) is 29.7 Å². The maximum Gasteiger partial charge on any atom is 0.222 e. The predicted molar refractivity (Wildman–Crippen MR) is 97.3 cm³/mol. The number of aromatic nitrogens is 2. The van der Waals surface area contributed by atoms with Gasteiger partial charge in [-0.1, -0.05) is 17.7 Å².